The number of benzene rings is 1. The first-order valence-corrected chi connectivity index (χ1v) is 7.58. The summed E-state index contributed by atoms with van der Waals surface area (Å²) < 4.78 is 2.07. The molecule has 1 aromatic carbocycles. The summed E-state index contributed by atoms with van der Waals surface area (Å²) in [6.07, 6.45) is 9.52. The van der Waals surface area contributed by atoms with Crippen LogP contribution in [0.15, 0.2) is 43.0 Å². The molecule has 1 aromatic heterocycles. The number of imidazole rings is 1. The lowest BCUT2D eigenvalue weighted by Gasteiger charge is -2.33. The second kappa shape index (κ2) is 5.70. The van der Waals surface area contributed by atoms with Crippen LogP contribution in [0.2, 0.25) is 0 Å². The van der Waals surface area contributed by atoms with Gasteiger partial charge in [0.15, 0.2) is 0 Å². The maximum Gasteiger partial charge on any atom is 0.0992 e. The lowest BCUT2D eigenvalue weighted by molar-refractivity contribution is 0.261. The molecule has 0 bridgehead atoms. The summed E-state index contributed by atoms with van der Waals surface area (Å²) in [5, 5.41) is 3.74. The van der Waals surface area contributed by atoms with Crippen molar-refractivity contribution in [1.29, 1.82) is 0 Å². The van der Waals surface area contributed by atoms with E-state index in [1.807, 2.05) is 18.7 Å². The van der Waals surface area contributed by atoms with Gasteiger partial charge < -0.3 is 9.88 Å². The van der Waals surface area contributed by atoms with Gasteiger partial charge in [0.25, 0.3) is 0 Å². The van der Waals surface area contributed by atoms with Crippen molar-refractivity contribution >= 4 is 5.69 Å². The molecule has 0 amide bonds. The minimum Gasteiger partial charge on any atom is -0.381 e. The fourth-order valence-corrected chi connectivity index (χ4v) is 3.12. The molecular weight excluding hydrogens is 246 g/mol. The van der Waals surface area contributed by atoms with E-state index < -0.39 is 0 Å². The fraction of sp³-hybridized carbons (Fsp3) is 0.471. The number of aromatic nitrogens is 2. The molecule has 0 saturated heterocycles. The molecule has 1 heterocycles. The standard InChI is InChI=1S/C17H23N3/c1-13-7-8-15(11-14(13)2)19-16-5-3-4-6-17(16)20-10-9-18-12-20/h3-6,9-10,12-15,19H,7-8,11H2,1-2H3. The minimum absolute atomic E-state index is 0.589. The Labute approximate surface area is 121 Å². The van der Waals surface area contributed by atoms with Crippen molar-refractivity contribution in [3.05, 3.63) is 43.0 Å². The van der Waals surface area contributed by atoms with Crippen LogP contribution in [0.5, 0.6) is 0 Å². The molecule has 1 saturated carbocycles. The highest BCUT2D eigenvalue weighted by atomic mass is 15.1. The van der Waals surface area contributed by atoms with Crippen LogP contribution in [0.3, 0.4) is 0 Å². The molecule has 1 aliphatic rings. The number of nitrogens with one attached hydrogen (secondary N) is 1. The molecule has 0 radical (unpaired) electrons. The van der Waals surface area contributed by atoms with Gasteiger partial charge in [-0.1, -0.05) is 26.0 Å². The zero-order valence-electron chi connectivity index (χ0n) is 12.3. The van der Waals surface area contributed by atoms with E-state index in [1.54, 1.807) is 0 Å². The van der Waals surface area contributed by atoms with Crippen LogP contribution < -0.4 is 5.32 Å². The highest BCUT2D eigenvalue weighted by molar-refractivity contribution is 5.61. The second-order valence-corrected chi connectivity index (χ2v) is 6.10. The average Bonchev–Trinajstić information content (AvgIpc) is 2.97. The van der Waals surface area contributed by atoms with E-state index in [-0.39, 0.29) is 0 Å². The van der Waals surface area contributed by atoms with Gasteiger partial charge in [0.1, 0.15) is 0 Å². The number of nitrogens with zero attached hydrogens (tertiary/aromatic N) is 2. The Bertz CT molecular complexity index is 547. The molecular formula is C17H23N3. The van der Waals surface area contributed by atoms with Gasteiger partial charge in [0, 0.05) is 18.4 Å². The quantitative estimate of drug-likeness (QED) is 0.908. The maximum atomic E-state index is 4.14. The first-order chi connectivity index (χ1) is 9.74. The van der Waals surface area contributed by atoms with Crippen LogP contribution >= 0.6 is 0 Å². The van der Waals surface area contributed by atoms with Gasteiger partial charge in [-0.25, -0.2) is 4.98 Å². The number of para-hydroxylation sites is 2. The van der Waals surface area contributed by atoms with Gasteiger partial charge in [-0.15, -0.1) is 0 Å². The molecule has 1 aliphatic carbocycles. The van der Waals surface area contributed by atoms with E-state index >= 15 is 0 Å². The largest absolute Gasteiger partial charge is 0.381 e. The van der Waals surface area contributed by atoms with Crippen molar-refractivity contribution in [2.24, 2.45) is 11.8 Å². The Morgan fingerprint density at radius 3 is 2.75 bits per heavy atom. The molecule has 20 heavy (non-hydrogen) atoms. The molecule has 3 rings (SSSR count). The highest BCUT2D eigenvalue weighted by Crippen LogP contribution is 2.32. The van der Waals surface area contributed by atoms with E-state index in [4.69, 9.17) is 0 Å². The van der Waals surface area contributed by atoms with E-state index in [0.717, 1.165) is 11.8 Å². The van der Waals surface area contributed by atoms with E-state index in [2.05, 4.69) is 53.0 Å². The number of anilines is 1. The van der Waals surface area contributed by atoms with Crippen molar-refractivity contribution in [3.63, 3.8) is 0 Å². The van der Waals surface area contributed by atoms with Gasteiger partial charge in [-0.3, -0.25) is 0 Å². The van der Waals surface area contributed by atoms with Gasteiger partial charge in [-0.05, 0) is 43.2 Å². The third-order valence-electron chi connectivity index (χ3n) is 4.64. The molecule has 3 atom stereocenters. The van der Waals surface area contributed by atoms with E-state index in [9.17, 15) is 0 Å². The smallest absolute Gasteiger partial charge is 0.0992 e. The van der Waals surface area contributed by atoms with Gasteiger partial charge >= 0.3 is 0 Å². The molecule has 1 N–H and O–H groups in total. The van der Waals surface area contributed by atoms with Crippen molar-refractivity contribution in [3.8, 4) is 5.69 Å². The minimum atomic E-state index is 0.589. The zero-order valence-corrected chi connectivity index (χ0v) is 12.3. The third kappa shape index (κ3) is 2.72. The summed E-state index contributed by atoms with van der Waals surface area (Å²) in [5.41, 5.74) is 2.38. The predicted octanol–water partition coefficient (Wildman–Crippen LogP) is 4.11. The van der Waals surface area contributed by atoms with E-state index in [0.29, 0.717) is 6.04 Å². The second-order valence-electron chi connectivity index (χ2n) is 6.10. The van der Waals surface area contributed by atoms with Crippen molar-refractivity contribution in [2.45, 2.75) is 39.2 Å². The third-order valence-corrected chi connectivity index (χ3v) is 4.64. The molecule has 3 heteroatoms. The topological polar surface area (TPSA) is 29.9 Å². The first-order valence-electron chi connectivity index (χ1n) is 7.58. The summed E-state index contributed by atoms with van der Waals surface area (Å²) >= 11 is 0. The molecule has 106 valence electrons. The summed E-state index contributed by atoms with van der Waals surface area (Å²) in [6.45, 7) is 4.75. The summed E-state index contributed by atoms with van der Waals surface area (Å²) in [7, 11) is 0. The highest BCUT2D eigenvalue weighted by Gasteiger charge is 2.24. The molecule has 1 fully saturated rings. The summed E-state index contributed by atoms with van der Waals surface area (Å²) in [5.74, 6) is 1.67. The fourth-order valence-electron chi connectivity index (χ4n) is 3.12. The van der Waals surface area contributed by atoms with Crippen molar-refractivity contribution in [2.75, 3.05) is 5.32 Å². The Kier molecular flexibility index (Phi) is 3.77. The molecule has 2 aromatic rings. The molecule has 0 aliphatic heterocycles. The molecule has 3 nitrogen and oxygen atoms in total. The Morgan fingerprint density at radius 1 is 1.15 bits per heavy atom. The molecule has 3 unspecified atom stereocenters. The first kappa shape index (κ1) is 13.2. The van der Waals surface area contributed by atoms with Crippen LogP contribution in [-0.2, 0) is 0 Å². The average molecular weight is 269 g/mol. The van der Waals surface area contributed by atoms with E-state index in [1.165, 1.54) is 30.6 Å². The lowest BCUT2D eigenvalue weighted by atomic mass is 9.79. The van der Waals surface area contributed by atoms with Crippen molar-refractivity contribution < 1.29 is 0 Å². The SMILES string of the molecule is CC1CCC(Nc2ccccc2-n2ccnc2)CC1C. The monoisotopic (exact) mass is 269 g/mol. The molecule has 0 spiro atoms. The van der Waals surface area contributed by atoms with Crippen LogP contribution in [0.25, 0.3) is 5.69 Å². The van der Waals surface area contributed by atoms with Gasteiger partial charge in [0.05, 0.1) is 17.7 Å². The van der Waals surface area contributed by atoms with Crippen LogP contribution in [0, 0.1) is 11.8 Å². The lowest BCUT2D eigenvalue weighted by Crippen LogP contribution is -2.30. The normalized spacial score (nSPS) is 26.4. The Morgan fingerprint density at radius 2 is 2.00 bits per heavy atom. The number of hydrogen-bond donors (Lipinski definition) is 1. The van der Waals surface area contributed by atoms with Crippen LogP contribution in [0.1, 0.15) is 33.1 Å². The van der Waals surface area contributed by atoms with Gasteiger partial charge in [-0.2, -0.15) is 0 Å². The Hall–Kier alpha value is -1.77. The maximum absolute atomic E-state index is 4.14. The van der Waals surface area contributed by atoms with Crippen LogP contribution in [-0.4, -0.2) is 15.6 Å². The number of rotatable bonds is 3. The Balaban J connectivity index is 1.78. The predicted molar refractivity (Wildman–Crippen MR) is 83.2 cm³/mol. The van der Waals surface area contributed by atoms with Crippen LogP contribution in [0.4, 0.5) is 5.69 Å². The van der Waals surface area contributed by atoms with Gasteiger partial charge in [0.2, 0.25) is 0 Å². The number of hydrogen-bond acceptors (Lipinski definition) is 2. The van der Waals surface area contributed by atoms with Crippen molar-refractivity contribution in [1.82, 2.24) is 9.55 Å². The summed E-state index contributed by atoms with van der Waals surface area (Å²) in [6, 6.07) is 9.06. The summed E-state index contributed by atoms with van der Waals surface area (Å²) in [4.78, 5) is 4.14. The zero-order chi connectivity index (χ0) is 13.9.